The van der Waals surface area contributed by atoms with Crippen molar-refractivity contribution in [2.45, 2.75) is 38.4 Å². The molecule has 2 N–H and O–H groups in total. The van der Waals surface area contributed by atoms with Crippen molar-refractivity contribution >= 4 is 33.5 Å². The van der Waals surface area contributed by atoms with E-state index < -0.39 is 18.2 Å². The Kier molecular flexibility index (Phi) is 17.5. The highest BCUT2D eigenvalue weighted by Gasteiger charge is 2.10. The van der Waals surface area contributed by atoms with E-state index in [2.05, 4.69) is 4.74 Å². The summed E-state index contributed by atoms with van der Waals surface area (Å²) >= 11 is 0. The van der Waals surface area contributed by atoms with Crippen LogP contribution in [0.4, 0.5) is 0 Å². The largest absolute Gasteiger partial charge is 0.468 e. The molecule has 10 heteroatoms. The maximum Gasteiger partial charge on any atom is 0.316 e. The van der Waals surface area contributed by atoms with Crippen LogP contribution in [0.25, 0.3) is 0 Å². The summed E-state index contributed by atoms with van der Waals surface area (Å²) in [6, 6.07) is 0. The van der Waals surface area contributed by atoms with Crippen molar-refractivity contribution in [3.8, 4) is 0 Å². The molecular weight excluding hydrogens is 384 g/mol. The van der Waals surface area contributed by atoms with E-state index in [0.717, 1.165) is 12.8 Å². The normalized spacial score (nSPS) is 13.2. The molecule has 8 nitrogen and oxygen atoms in total. The van der Waals surface area contributed by atoms with Crippen LogP contribution in [0.5, 0.6) is 0 Å². The number of hydrogen-bond donors (Lipinski definition) is 2. The van der Waals surface area contributed by atoms with Gasteiger partial charge < -0.3 is 29.2 Å². The molecule has 0 aromatic rings. The lowest BCUT2D eigenvalue weighted by Gasteiger charge is -2.12. The van der Waals surface area contributed by atoms with Crippen LogP contribution in [0, 0.1) is 0 Å². The van der Waals surface area contributed by atoms with E-state index >= 15 is 0 Å². The minimum atomic E-state index is -0.873. The Balaban J connectivity index is 3.41. The highest BCUT2D eigenvalue weighted by atomic mass is 33.1. The van der Waals surface area contributed by atoms with Gasteiger partial charge in [-0.1, -0.05) is 28.5 Å². The molecule has 2 atom stereocenters. The molecule has 26 heavy (non-hydrogen) atoms. The molecule has 154 valence electrons. The van der Waals surface area contributed by atoms with Gasteiger partial charge >= 0.3 is 11.9 Å². The summed E-state index contributed by atoms with van der Waals surface area (Å²) in [5, 5.41) is 19.0. The molecule has 0 spiro atoms. The molecule has 0 saturated heterocycles. The quantitative estimate of drug-likeness (QED) is 0.203. The number of carbonyl (C=O) groups excluding carboxylic acids is 2. The van der Waals surface area contributed by atoms with Gasteiger partial charge in [-0.05, 0) is 19.3 Å². The number of carbonyl (C=O) groups is 2. The molecule has 0 fully saturated rings. The fourth-order valence-electron chi connectivity index (χ4n) is 1.48. The molecule has 0 radical (unpaired) electrons. The SMILES string of the molecule is CCC(O)COCCCCOCC(O)COC(=O)CSSCC(=O)OC. The first kappa shape index (κ1) is 25.5. The van der Waals surface area contributed by atoms with Gasteiger partial charge in [0.25, 0.3) is 0 Å². The Morgan fingerprint density at radius 1 is 0.885 bits per heavy atom. The third kappa shape index (κ3) is 16.9. The minimum Gasteiger partial charge on any atom is -0.468 e. The van der Waals surface area contributed by atoms with Crippen molar-refractivity contribution in [3.05, 3.63) is 0 Å². The first-order valence-corrected chi connectivity index (χ1v) is 11.0. The average Bonchev–Trinajstić information content (AvgIpc) is 2.64. The molecule has 0 heterocycles. The maximum absolute atomic E-state index is 11.5. The number of aliphatic hydroxyl groups is 2. The van der Waals surface area contributed by atoms with Gasteiger partial charge in [-0.25, -0.2) is 0 Å². The predicted molar refractivity (Wildman–Crippen MR) is 101 cm³/mol. The summed E-state index contributed by atoms with van der Waals surface area (Å²) in [5.74, 6) is -0.566. The Labute approximate surface area is 162 Å². The zero-order valence-corrected chi connectivity index (χ0v) is 17.0. The van der Waals surface area contributed by atoms with Crippen LogP contribution in [0.2, 0.25) is 0 Å². The maximum atomic E-state index is 11.5. The highest BCUT2D eigenvalue weighted by Crippen LogP contribution is 2.20. The number of rotatable bonds is 17. The van der Waals surface area contributed by atoms with E-state index in [1.54, 1.807) is 0 Å². The van der Waals surface area contributed by atoms with Gasteiger partial charge in [0.05, 0.1) is 26.4 Å². The lowest BCUT2D eigenvalue weighted by molar-refractivity contribution is -0.144. The molecule has 0 bridgehead atoms. The molecule has 0 aliphatic heterocycles. The van der Waals surface area contributed by atoms with Crippen molar-refractivity contribution < 1.29 is 38.7 Å². The van der Waals surface area contributed by atoms with Crippen molar-refractivity contribution in [2.24, 2.45) is 0 Å². The summed E-state index contributed by atoms with van der Waals surface area (Å²) in [4.78, 5) is 22.3. The molecule has 0 aliphatic carbocycles. The highest BCUT2D eigenvalue weighted by molar-refractivity contribution is 8.77. The molecular formula is C16H30O8S2. The Hall–Kier alpha value is -0.520. The van der Waals surface area contributed by atoms with E-state index in [4.69, 9.17) is 14.2 Å². The van der Waals surface area contributed by atoms with Gasteiger partial charge in [-0.3, -0.25) is 9.59 Å². The van der Waals surface area contributed by atoms with Gasteiger partial charge in [0, 0.05) is 13.2 Å². The second-order valence-corrected chi connectivity index (χ2v) is 7.82. The first-order chi connectivity index (χ1) is 12.5. The number of methoxy groups -OCH3 is 1. The van der Waals surface area contributed by atoms with E-state index in [1.165, 1.54) is 28.7 Å². The van der Waals surface area contributed by atoms with Crippen LogP contribution in [-0.2, 0) is 28.5 Å². The lowest BCUT2D eigenvalue weighted by atomic mass is 10.3. The van der Waals surface area contributed by atoms with Gasteiger partial charge in [-0.15, -0.1) is 0 Å². The molecule has 0 amide bonds. The van der Waals surface area contributed by atoms with Gasteiger partial charge in [0.15, 0.2) is 0 Å². The predicted octanol–water partition coefficient (Wildman–Crippen LogP) is 1.03. The number of esters is 2. The Morgan fingerprint density at radius 3 is 1.96 bits per heavy atom. The molecule has 0 aromatic heterocycles. The van der Waals surface area contributed by atoms with E-state index in [1.807, 2.05) is 6.92 Å². The summed E-state index contributed by atoms with van der Waals surface area (Å²) < 4.78 is 20.0. The number of unbranched alkanes of at least 4 members (excludes halogenated alkanes) is 1. The third-order valence-corrected chi connectivity index (χ3v) is 5.10. The van der Waals surface area contributed by atoms with Crippen molar-refractivity contribution in [1.82, 2.24) is 0 Å². The van der Waals surface area contributed by atoms with Crippen LogP contribution in [0.1, 0.15) is 26.2 Å². The second-order valence-electron chi connectivity index (χ2n) is 5.36. The lowest BCUT2D eigenvalue weighted by Crippen LogP contribution is -2.24. The van der Waals surface area contributed by atoms with Crippen molar-refractivity contribution in [3.63, 3.8) is 0 Å². The van der Waals surface area contributed by atoms with Crippen LogP contribution in [-0.4, -0.2) is 86.0 Å². The smallest absolute Gasteiger partial charge is 0.316 e. The van der Waals surface area contributed by atoms with Crippen LogP contribution < -0.4 is 0 Å². The van der Waals surface area contributed by atoms with Crippen LogP contribution in [0.3, 0.4) is 0 Å². The molecule has 0 rings (SSSR count). The number of ether oxygens (including phenoxy) is 4. The standard InChI is InChI=1S/C16H30O8S2/c1-3-13(17)8-22-6-4-5-7-23-9-14(18)10-24-16(20)12-26-25-11-15(19)21-2/h13-14,17-18H,3-12H2,1-2H3. The zero-order chi connectivity index (χ0) is 19.6. The third-order valence-electron chi connectivity index (χ3n) is 3.02. The Bertz CT molecular complexity index is 370. The molecule has 0 aliphatic rings. The van der Waals surface area contributed by atoms with Crippen LogP contribution >= 0.6 is 21.6 Å². The van der Waals surface area contributed by atoms with Gasteiger partial charge in [0.2, 0.25) is 0 Å². The minimum absolute atomic E-state index is 0.0853. The molecule has 0 aromatic carbocycles. The van der Waals surface area contributed by atoms with Gasteiger partial charge in [0.1, 0.15) is 24.2 Å². The average molecular weight is 415 g/mol. The summed E-state index contributed by atoms with van der Waals surface area (Å²) in [5.41, 5.74) is 0. The van der Waals surface area contributed by atoms with Crippen molar-refractivity contribution in [1.29, 1.82) is 0 Å². The van der Waals surface area contributed by atoms with E-state index in [0.29, 0.717) is 26.2 Å². The summed E-state index contributed by atoms with van der Waals surface area (Å²) in [7, 11) is 3.70. The van der Waals surface area contributed by atoms with Crippen LogP contribution in [0.15, 0.2) is 0 Å². The topological polar surface area (TPSA) is 112 Å². The Morgan fingerprint density at radius 2 is 1.42 bits per heavy atom. The monoisotopic (exact) mass is 414 g/mol. The fourth-order valence-corrected chi connectivity index (χ4v) is 3.12. The van der Waals surface area contributed by atoms with E-state index in [-0.39, 0.29) is 30.7 Å². The second kappa shape index (κ2) is 17.9. The van der Waals surface area contributed by atoms with Gasteiger partial charge in [-0.2, -0.15) is 0 Å². The fraction of sp³-hybridized carbons (Fsp3) is 0.875. The number of aliphatic hydroxyl groups excluding tert-OH is 2. The number of hydrogen-bond acceptors (Lipinski definition) is 10. The first-order valence-electron chi connectivity index (χ1n) is 8.48. The molecule has 0 saturated carbocycles. The van der Waals surface area contributed by atoms with Crippen molar-refractivity contribution in [2.75, 3.05) is 51.6 Å². The summed E-state index contributed by atoms with van der Waals surface area (Å²) in [6.45, 7) is 3.25. The molecule has 2 unspecified atom stereocenters. The summed E-state index contributed by atoms with van der Waals surface area (Å²) in [6.07, 6.45) is 0.984. The zero-order valence-electron chi connectivity index (χ0n) is 15.4. The van der Waals surface area contributed by atoms with E-state index in [9.17, 15) is 19.8 Å².